The van der Waals surface area contributed by atoms with E-state index in [9.17, 15) is 23.3 Å². The Morgan fingerprint density at radius 2 is 2.04 bits per heavy atom. The van der Waals surface area contributed by atoms with E-state index in [0.717, 1.165) is 0 Å². The summed E-state index contributed by atoms with van der Waals surface area (Å²) in [5, 5.41) is 14.8. The predicted molar refractivity (Wildman–Crippen MR) is 86.5 cm³/mol. The van der Waals surface area contributed by atoms with Crippen molar-refractivity contribution in [2.75, 3.05) is 16.8 Å². The van der Waals surface area contributed by atoms with Crippen molar-refractivity contribution >= 4 is 32.1 Å². The fourth-order valence-corrected chi connectivity index (χ4v) is 4.58. The third kappa shape index (κ3) is 2.67. The smallest absolute Gasteiger partial charge is 0.357 e. The van der Waals surface area contributed by atoms with Crippen LogP contribution < -0.4 is 10.9 Å². The van der Waals surface area contributed by atoms with E-state index in [1.807, 2.05) is 0 Å². The zero-order chi connectivity index (χ0) is 16.8. The second-order valence-corrected chi connectivity index (χ2v) is 7.84. The Morgan fingerprint density at radius 3 is 2.65 bits per heavy atom. The molecule has 1 atom stereocenters. The largest absolute Gasteiger partial charge is 0.375 e. The summed E-state index contributed by atoms with van der Waals surface area (Å²) in [6.45, 7) is 0. The number of rotatable bonds is 3. The average Bonchev–Trinajstić information content (AvgIpc) is 2.83. The van der Waals surface area contributed by atoms with Gasteiger partial charge in [-0.1, -0.05) is 18.2 Å². The molecule has 0 radical (unpaired) electrons. The first-order chi connectivity index (χ1) is 10.8. The summed E-state index contributed by atoms with van der Waals surface area (Å²) in [5.41, 5.74) is -0.644. The molecule has 1 aromatic carbocycles. The van der Waals surface area contributed by atoms with Crippen LogP contribution >= 0.6 is 0 Å². The molecule has 0 aliphatic carbocycles. The molecule has 1 aromatic heterocycles. The lowest BCUT2D eigenvalue weighted by Crippen LogP contribution is -2.26. The summed E-state index contributed by atoms with van der Waals surface area (Å²) in [6, 6.07) is 6.38. The molecule has 122 valence electrons. The zero-order valence-corrected chi connectivity index (χ0v) is 13.2. The minimum atomic E-state index is -3.14. The van der Waals surface area contributed by atoms with E-state index in [-0.39, 0.29) is 17.2 Å². The molecule has 1 fully saturated rings. The number of aromatic nitrogens is 1. The lowest BCUT2D eigenvalue weighted by Gasteiger charge is -2.16. The van der Waals surface area contributed by atoms with Gasteiger partial charge in [-0.3, -0.25) is 14.9 Å². The van der Waals surface area contributed by atoms with Gasteiger partial charge in [-0.2, -0.15) is 0 Å². The van der Waals surface area contributed by atoms with Crippen LogP contribution in [0.15, 0.2) is 29.1 Å². The second-order valence-electron chi connectivity index (χ2n) is 5.61. The van der Waals surface area contributed by atoms with Gasteiger partial charge in [0.1, 0.15) is 5.69 Å². The highest BCUT2D eigenvalue weighted by Gasteiger charge is 2.32. The van der Waals surface area contributed by atoms with Gasteiger partial charge in [0.2, 0.25) is 0 Å². The summed E-state index contributed by atoms with van der Waals surface area (Å²) >= 11 is 0. The molecule has 0 unspecified atom stereocenters. The number of benzene rings is 1. The molecule has 1 N–H and O–H groups in total. The maximum atomic E-state index is 12.3. The molecular weight excluding hydrogens is 322 g/mol. The van der Waals surface area contributed by atoms with Crippen molar-refractivity contribution in [2.45, 2.75) is 12.5 Å². The molecule has 1 aliphatic heterocycles. The van der Waals surface area contributed by atoms with E-state index in [1.54, 1.807) is 24.3 Å². The molecule has 9 heteroatoms. The third-order valence-corrected chi connectivity index (χ3v) is 5.81. The molecule has 3 rings (SSSR count). The number of nitro groups is 1. The molecule has 1 saturated heterocycles. The van der Waals surface area contributed by atoms with Crippen molar-refractivity contribution < 1.29 is 13.3 Å². The molecule has 2 heterocycles. The maximum Gasteiger partial charge on any atom is 0.357 e. The second kappa shape index (κ2) is 5.34. The van der Waals surface area contributed by atoms with Crippen molar-refractivity contribution in [3.63, 3.8) is 0 Å². The Morgan fingerprint density at radius 1 is 1.35 bits per heavy atom. The molecule has 1 aliphatic rings. The van der Waals surface area contributed by atoms with Gasteiger partial charge in [0.05, 0.1) is 21.9 Å². The minimum absolute atomic E-state index is 0.0429. The van der Waals surface area contributed by atoms with Gasteiger partial charge in [-0.15, -0.1) is 0 Å². The number of sulfone groups is 1. The Bertz CT molecular complexity index is 964. The van der Waals surface area contributed by atoms with Crippen molar-refractivity contribution in [3.05, 3.63) is 44.7 Å². The first kappa shape index (κ1) is 15.5. The topological polar surface area (TPSA) is 111 Å². The van der Waals surface area contributed by atoms with Crippen LogP contribution in [0.4, 0.5) is 11.4 Å². The maximum absolute atomic E-state index is 12.3. The van der Waals surface area contributed by atoms with Crippen LogP contribution in [-0.4, -0.2) is 35.5 Å². The van der Waals surface area contributed by atoms with Gasteiger partial charge in [0.15, 0.2) is 9.84 Å². The van der Waals surface area contributed by atoms with Crippen LogP contribution in [0.3, 0.4) is 0 Å². The van der Waals surface area contributed by atoms with Crippen LogP contribution in [0.5, 0.6) is 0 Å². The van der Waals surface area contributed by atoms with E-state index in [4.69, 9.17) is 0 Å². The fraction of sp³-hybridized carbons (Fsp3) is 0.357. The average molecular weight is 337 g/mol. The number of hydrogen-bond donors (Lipinski definition) is 1. The molecular formula is C14H15N3O5S. The van der Waals surface area contributed by atoms with Gasteiger partial charge < -0.3 is 9.88 Å². The molecule has 0 spiro atoms. The molecule has 0 saturated carbocycles. The highest BCUT2D eigenvalue weighted by Crippen LogP contribution is 2.31. The highest BCUT2D eigenvalue weighted by atomic mass is 32.2. The van der Waals surface area contributed by atoms with Crippen molar-refractivity contribution in [1.29, 1.82) is 0 Å². The van der Waals surface area contributed by atoms with E-state index in [0.29, 0.717) is 17.3 Å². The lowest BCUT2D eigenvalue weighted by atomic mass is 10.1. The summed E-state index contributed by atoms with van der Waals surface area (Å²) in [5.74, 6) is -0.0467. The van der Waals surface area contributed by atoms with Crippen molar-refractivity contribution in [1.82, 2.24) is 4.57 Å². The number of aryl methyl sites for hydroxylation is 1. The monoisotopic (exact) mass is 337 g/mol. The number of fused-ring (bicyclic) bond motifs is 1. The van der Waals surface area contributed by atoms with Crippen LogP contribution in [0, 0.1) is 10.1 Å². The number of para-hydroxylation sites is 1. The molecule has 23 heavy (non-hydrogen) atoms. The van der Waals surface area contributed by atoms with Crippen LogP contribution in [0.25, 0.3) is 10.9 Å². The summed E-state index contributed by atoms with van der Waals surface area (Å²) in [6.07, 6.45) is 0.364. The fourth-order valence-electron chi connectivity index (χ4n) is 2.91. The van der Waals surface area contributed by atoms with Crippen molar-refractivity contribution in [2.24, 2.45) is 7.05 Å². The number of anilines is 1. The van der Waals surface area contributed by atoms with Crippen molar-refractivity contribution in [3.8, 4) is 0 Å². The van der Waals surface area contributed by atoms with Gasteiger partial charge in [-0.05, 0) is 12.5 Å². The van der Waals surface area contributed by atoms with Gasteiger partial charge in [0.25, 0.3) is 0 Å². The van der Waals surface area contributed by atoms with Crippen LogP contribution in [0.1, 0.15) is 6.42 Å². The van der Waals surface area contributed by atoms with Crippen LogP contribution in [0.2, 0.25) is 0 Å². The molecule has 0 amide bonds. The highest BCUT2D eigenvalue weighted by molar-refractivity contribution is 7.91. The Labute approximate surface area is 131 Å². The third-order valence-electron chi connectivity index (χ3n) is 4.04. The van der Waals surface area contributed by atoms with Gasteiger partial charge in [-0.25, -0.2) is 8.42 Å². The normalized spacial score (nSPS) is 19.8. The van der Waals surface area contributed by atoms with E-state index in [2.05, 4.69) is 5.32 Å². The minimum Gasteiger partial charge on any atom is -0.375 e. The number of hydrogen-bond acceptors (Lipinski definition) is 6. The first-order valence-electron chi connectivity index (χ1n) is 7.03. The van der Waals surface area contributed by atoms with Crippen LogP contribution in [-0.2, 0) is 16.9 Å². The lowest BCUT2D eigenvalue weighted by molar-refractivity contribution is -0.385. The Kier molecular flexibility index (Phi) is 3.59. The first-order valence-corrected chi connectivity index (χ1v) is 8.85. The quantitative estimate of drug-likeness (QED) is 0.662. The summed E-state index contributed by atoms with van der Waals surface area (Å²) in [7, 11) is -1.66. The van der Waals surface area contributed by atoms with E-state index in [1.165, 1.54) is 11.6 Å². The van der Waals surface area contributed by atoms with E-state index < -0.39 is 32.0 Å². The molecule has 0 bridgehead atoms. The standard InChI is InChI=1S/C14H15N3O5S/c1-16-11-5-3-2-4-10(11)12(13(14(16)18)17(19)20)15-9-6-7-23(21,22)8-9/h2-5,9,15H,6-8H2,1H3/t9-/m0/s1. The zero-order valence-electron chi connectivity index (χ0n) is 12.4. The number of nitrogens with zero attached hydrogens (tertiary/aromatic N) is 2. The van der Waals surface area contributed by atoms with Gasteiger partial charge >= 0.3 is 11.2 Å². The molecule has 2 aromatic rings. The summed E-state index contributed by atoms with van der Waals surface area (Å²) in [4.78, 5) is 23.0. The predicted octanol–water partition coefficient (Wildman–Crippen LogP) is 1.05. The van der Waals surface area contributed by atoms with E-state index >= 15 is 0 Å². The summed E-state index contributed by atoms with van der Waals surface area (Å²) < 4.78 is 24.4. The molecule has 8 nitrogen and oxygen atoms in total. The number of pyridine rings is 1. The Hall–Kier alpha value is -2.42. The van der Waals surface area contributed by atoms with Gasteiger partial charge in [0, 0.05) is 18.5 Å². The Balaban J connectivity index is 2.22. The SMILES string of the molecule is Cn1c(=O)c([N+](=O)[O-])c(N[C@H]2CCS(=O)(=O)C2)c2ccccc21. The number of nitrogens with one attached hydrogen (secondary N) is 1.